The molecule has 1 aromatic carbocycles. The fourth-order valence-electron chi connectivity index (χ4n) is 2.80. The monoisotopic (exact) mass is 371 g/mol. The van der Waals surface area contributed by atoms with E-state index in [4.69, 9.17) is 4.74 Å². The normalized spacial score (nSPS) is 18.4. The van der Waals surface area contributed by atoms with Gasteiger partial charge in [-0.1, -0.05) is 13.8 Å². The predicted molar refractivity (Wildman–Crippen MR) is 89.2 cm³/mol. The van der Waals surface area contributed by atoms with Gasteiger partial charge in [0.1, 0.15) is 5.82 Å². The molecular formula is C17H22FNO5S. The quantitative estimate of drug-likeness (QED) is 0.718. The lowest BCUT2D eigenvalue weighted by atomic mass is 9.96. The number of sulfonamides is 1. The average Bonchev–Trinajstić information content (AvgIpc) is 2.58. The molecule has 1 atom stereocenters. The van der Waals surface area contributed by atoms with Crippen molar-refractivity contribution in [3.8, 4) is 0 Å². The molecule has 8 heteroatoms. The molecule has 0 amide bonds. The Bertz CT molecular complexity index is 758. The molecule has 2 rings (SSSR count). The van der Waals surface area contributed by atoms with Gasteiger partial charge >= 0.3 is 5.97 Å². The summed E-state index contributed by atoms with van der Waals surface area (Å²) in [5, 5.41) is 0. The van der Waals surface area contributed by atoms with E-state index in [1.807, 2.05) is 0 Å². The Morgan fingerprint density at radius 1 is 1.28 bits per heavy atom. The number of hydrogen-bond acceptors (Lipinski definition) is 5. The first-order chi connectivity index (χ1) is 11.8. The van der Waals surface area contributed by atoms with E-state index in [1.165, 1.54) is 4.31 Å². The van der Waals surface area contributed by atoms with Gasteiger partial charge in [0.2, 0.25) is 10.0 Å². The highest BCUT2D eigenvalue weighted by molar-refractivity contribution is 7.89. The van der Waals surface area contributed by atoms with Crippen LogP contribution < -0.4 is 0 Å². The summed E-state index contributed by atoms with van der Waals surface area (Å²) in [7, 11) is -3.83. The third-order valence-electron chi connectivity index (χ3n) is 4.25. The first kappa shape index (κ1) is 19.5. The molecule has 0 bridgehead atoms. The third-order valence-corrected chi connectivity index (χ3v) is 6.29. The molecule has 0 spiro atoms. The molecule has 6 nitrogen and oxygen atoms in total. The smallest absolute Gasteiger partial charge is 0.341 e. The van der Waals surface area contributed by atoms with Gasteiger partial charge in [-0.3, -0.25) is 4.79 Å². The van der Waals surface area contributed by atoms with Crippen LogP contribution in [0.5, 0.6) is 0 Å². The lowest BCUT2D eigenvalue weighted by Gasteiger charge is -2.21. The molecule has 1 aliphatic carbocycles. The Labute approximate surface area is 147 Å². The zero-order valence-corrected chi connectivity index (χ0v) is 15.1. The van der Waals surface area contributed by atoms with Crippen LogP contribution in [0.3, 0.4) is 0 Å². The van der Waals surface area contributed by atoms with Crippen molar-refractivity contribution in [3.63, 3.8) is 0 Å². The minimum atomic E-state index is -3.83. The van der Waals surface area contributed by atoms with Gasteiger partial charge in [-0.2, -0.15) is 4.31 Å². The summed E-state index contributed by atoms with van der Waals surface area (Å²) in [5.41, 5.74) is -0.480. The van der Waals surface area contributed by atoms with Crippen molar-refractivity contribution in [3.05, 3.63) is 29.6 Å². The second-order valence-corrected chi connectivity index (χ2v) is 7.77. The highest BCUT2D eigenvalue weighted by atomic mass is 32.2. The highest BCUT2D eigenvalue weighted by Crippen LogP contribution is 2.22. The van der Waals surface area contributed by atoms with Crippen LogP contribution in [0.15, 0.2) is 23.1 Å². The zero-order chi connectivity index (χ0) is 18.6. The molecule has 1 aliphatic rings. The minimum Gasteiger partial charge on any atom is -0.451 e. The van der Waals surface area contributed by atoms with Crippen molar-refractivity contribution >= 4 is 21.8 Å². The summed E-state index contributed by atoms with van der Waals surface area (Å²) in [5.74, 6) is -2.09. The van der Waals surface area contributed by atoms with E-state index >= 15 is 0 Å². The van der Waals surface area contributed by atoms with Crippen LogP contribution in [0.1, 0.15) is 49.9 Å². The number of halogens is 1. The maximum Gasteiger partial charge on any atom is 0.341 e. The number of ketones is 1. The zero-order valence-electron chi connectivity index (χ0n) is 14.3. The third kappa shape index (κ3) is 4.24. The first-order valence-electron chi connectivity index (χ1n) is 8.34. The van der Waals surface area contributed by atoms with Crippen LogP contribution in [0, 0.1) is 5.82 Å². The lowest BCUT2D eigenvalue weighted by molar-refractivity contribution is -0.129. The Balaban J connectivity index is 2.29. The molecule has 25 heavy (non-hydrogen) atoms. The van der Waals surface area contributed by atoms with Gasteiger partial charge in [0, 0.05) is 19.5 Å². The van der Waals surface area contributed by atoms with Crippen molar-refractivity contribution in [1.82, 2.24) is 4.31 Å². The van der Waals surface area contributed by atoms with E-state index in [9.17, 15) is 22.4 Å². The summed E-state index contributed by atoms with van der Waals surface area (Å²) in [6.45, 7) is 3.89. The van der Waals surface area contributed by atoms with E-state index in [0.29, 0.717) is 12.8 Å². The van der Waals surface area contributed by atoms with Crippen molar-refractivity contribution in [2.75, 3.05) is 13.1 Å². The van der Waals surface area contributed by atoms with Crippen LogP contribution >= 0.6 is 0 Å². The van der Waals surface area contributed by atoms with Crippen molar-refractivity contribution in [2.45, 2.75) is 50.5 Å². The molecular weight excluding hydrogens is 349 g/mol. The number of carbonyl (C=O) groups excluding carboxylic acids is 2. The highest BCUT2D eigenvalue weighted by Gasteiger charge is 2.29. The molecule has 0 heterocycles. The molecule has 1 aromatic rings. The van der Waals surface area contributed by atoms with Gasteiger partial charge in [0.05, 0.1) is 10.5 Å². The molecule has 0 radical (unpaired) electrons. The summed E-state index contributed by atoms with van der Waals surface area (Å²) < 4.78 is 45.4. The number of carbonyl (C=O) groups is 2. The van der Waals surface area contributed by atoms with Gasteiger partial charge in [-0.15, -0.1) is 0 Å². The van der Waals surface area contributed by atoms with E-state index in [2.05, 4.69) is 0 Å². The lowest BCUT2D eigenvalue weighted by Crippen LogP contribution is -2.31. The maximum atomic E-state index is 14.0. The number of rotatable bonds is 6. The van der Waals surface area contributed by atoms with Crippen molar-refractivity contribution in [2.24, 2.45) is 0 Å². The first-order valence-corrected chi connectivity index (χ1v) is 9.78. The van der Waals surface area contributed by atoms with Gasteiger partial charge in [0.25, 0.3) is 0 Å². The van der Waals surface area contributed by atoms with E-state index < -0.39 is 33.5 Å². The number of esters is 1. The number of hydrogen-bond donors (Lipinski definition) is 0. The van der Waals surface area contributed by atoms with Gasteiger partial charge < -0.3 is 4.74 Å². The molecule has 0 aliphatic heterocycles. The van der Waals surface area contributed by atoms with Crippen LogP contribution in [0.25, 0.3) is 0 Å². The summed E-state index contributed by atoms with van der Waals surface area (Å²) in [4.78, 5) is 23.8. The second kappa shape index (κ2) is 8.05. The fourth-order valence-corrected chi connectivity index (χ4v) is 4.29. The standard InChI is InChI=1S/C17H22FNO5S/c1-3-19(4-2)25(22,23)12-9-10-14(18)13(11-12)17(21)24-16-8-6-5-7-15(16)20/h9-11,16H,3-8H2,1-2H3/t16-/m1/s1. The van der Waals surface area contributed by atoms with Gasteiger partial charge in [0.15, 0.2) is 11.9 Å². The Kier molecular flexibility index (Phi) is 6.29. The predicted octanol–water partition coefficient (Wildman–Crippen LogP) is 2.52. The van der Waals surface area contributed by atoms with Crippen LogP contribution in [0.2, 0.25) is 0 Å². The molecule has 0 aromatic heterocycles. The van der Waals surface area contributed by atoms with Crippen LogP contribution in [0.4, 0.5) is 4.39 Å². The van der Waals surface area contributed by atoms with E-state index in [-0.39, 0.29) is 23.8 Å². The van der Waals surface area contributed by atoms with Gasteiger partial charge in [-0.05, 0) is 37.5 Å². The molecule has 0 unspecified atom stereocenters. The topological polar surface area (TPSA) is 80.8 Å². The Morgan fingerprint density at radius 2 is 1.96 bits per heavy atom. The van der Waals surface area contributed by atoms with E-state index in [0.717, 1.165) is 31.0 Å². The Hall–Kier alpha value is -1.80. The average molecular weight is 371 g/mol. The maximum absolute atomic E-state index is 14.0. The molecule has 0 saturated heterocycles. The largest absolute Gasteiger partial charge is 0.451 e. The summed E-state index contributed by atoms with van der Waals surface area (Å²) in [6.07, 6.45) is 1.35. The minimum absolute atomic E-state index is 0.181. The molecule has 1 fully saturated rings. The summed E-state index contributed by atoms with van der Waals surface area (Å²) in [6, 6.07) is 3.01. The number of nitrogens with zero attached hydrogens (tertiary/aromatic N) is 1. The van der Waals surface area contributed by atoms with Crippen molar-refractivity contribution in [1.29, 1.82) is 0 Å². The van der Waals surface area contributed by atoms with E-state index in [1.54, 1.807) is 13.8 Å². The number of ether oxygens (including phenoxy) is 1. The molecule has 1 saturated carbocycles. The fraction of sp³-hybridized carbons (Fsp3) is 0.529. The molecule has 0 N–H and O–H groups in total. The Morgan fingerprint density at radius 3 is 2.56 bits per heavy atom. The van der Waals surface area contributed by atoms with Crippen molar-refractivity contribution < 1.29 is 27.1 Å². The second-order valence-electron chi connectivity index (χ2n) is 5.84. The van der Waals surface area contributed by atoms with Crippen LogP contribution in [-0.4, -0.2) is 43.7 Å². The summed E-state index contributed by atoms with van der Waals surface area (Å²) >= 11 is 0. The SMILES string of the molecule is CCN(CC)S(=O)(=O)c1ccc(F)c(C(=O)O[C@@H]2CCCCC2=O)c1. The van der Waals surface area contributed by atoms with Crippen LogP contribution in [-0.2, 0) is 19.6 Å². The molecule has 138 valence electrons. The van der Waals surface area contributed by atoms with Gasteiger partial charge in [-0.25, -0.2) is 17.6 Å². The number of Topliss-reactive ketones (excluding diaryl/α,β-unsaturated/α-hetero) is 1. The number of benzene rings is 1.